The zero-order valence-electron chi connectivity index (χ0n) is 5.69. The summed E-state index contributed by atoms with van der Waals surface area (Å²) in [6.07, 6.45) is 1.95. The lowest BCUT2D eigenvalue weighted by Crippen LogP contribution is -1.94. The Kier molecular flexibility index (Phi) is 3.44. The van der Waals surface area contributed by atoms with Gasteiger partial charge in [0.05, 0.1) is 4.92 Å². The molecule has 5 nitrogen and oxygen atoms in total. The third kappa shape index (κ3) is 3.04. The van der Waals surface area contributed by atoms with Crippen molar-refractivity contribution in [3.63, 3.8) is 0 Å². The number of nitroso groups, excluding NO2 is 1. The molecule has 5 heteroatoms. The van der Waals surface area contributed by atoms with Gasteiger partial charge in [-0.3, -0.25) is 10.1 Å². The fourth-order valence-corrected chi connectivity index (χ4v) is 0.383. The molecule has 0 N–H and O–H groups in total. The fraction of sp³-hybridized carbons (Fsp3) is 0. The van der Waals surface area contributed by atoms with Gasteiger partial charge in [-0.25, -0.2) is 0 Å². The van der Waals surface area contributed by atoms with Crippen LogP contribution in [-0.4, -0.2) is 4.92 Å². The van der Waals surface area contributed by atoms with Crippen molar-refractivity contribution in [2.45, 2.75) is 0 Å². The minimum absolute atomic E-state index is 0.198. The lowest BCUT2D eigenvalue weighted by molar-refractivity contribution is -0.419. The van der Waals surface area contributed by atoms with E-state index >= 15 is 0 Å². The molecule has 0 fully saturated rings. The molecule has 0 aromatic heterocycles. The molecular formula is C6H6N2O3. The molecule has 11 heavy (non-hydrogen) atoms. The fourth-order valence-electron chi connectivity index (χ4n) is 0.383. The Morgan fingerprint density at radius 1 is 1.64 bits per heavy atom. The lowest BCUT2D eigenvalue weighted by Gasteiger charge is -1.87. The summed E-state index contributed by atoms with van der Waals surface area (Å²) in [5, 5.41) is 12.4. The Morgan fingerprint density at radius 3 is 2.45 bits per heavy atom. The average molecular weight is 154 g/mol. The second kappa shape index (κ2) is 4.10. The van der Waals surface area contributed by atoms with Crippen LogP contribution in [-0.2, 0) is 0 Å². The molecule has 0 bridgehead atoms. The van der Waals surface area contributed by atoms with Crippen LogP contribution in [0.4, 0.5) is 0 Å². The highest BCUT2D eigenvalue weighted by atomic mass is 16.6. The van der Waals surface area contributed by atoms with Crippen LogP contribution in [0.3, 0.4) is 0 Å². The maximum absolute atomic E-state index is 10.1. The third-order valence-corrected chi connectivity index (χ3v) is 0.852. The minimum Gasteiger partial charge on any atom is -0.258 e. The van der Waals surface area contributed by atoms with Crippen LogP contribution < -0.4 is 0 Å². The van der Waals surface area contributed by atoms with Crippen molar-refractivity contribution >= 4 is 0 Å². The van der Waals surface area contributed by atoms with Crippen LogP contribution in [0.25, 0.3) is 0 Å². The Balaban J connectivity index is 4.61. The van der Waals surface area contributed by atoms with E-state index in [1.807, 2.05) is 0 Å². The van der Waals surface area contributed by atoms with Gasteiger partial charge in [0.2, 0.25) is 0 Å². The largest absolute Gasteiger partial charge is 0.271 e. The molecule has 0 aromatic rings. The van der Waals surface area contributed by atoms with Gasteiger partial charge in [0.1, 0.15) is 5.70 Å². The zero-order chi connectivity index (χ0) is 8.85. The summed E-state index contributed by atoms with van der Waals surface area (Å²) in [6, 6.07) is 0. The van der Waals surface area contributed by atoms with Crippen LogP contribution >= 0.6 is 0 Å². The van der Waals surface area contributed by atoms with Crippen molar-refractivity contribution < 1.29 is 4.92 Å². The van der Waals surface area contributed by atoms with E-state index in [4.69, 9.17) is 0 Å². The van der Waals surface area contributed by atoms with Gasteiger partial charge >= 0.3 is 0 Å². The molecular weight excluding hydrogens is 148 g/mol. The maximum atomic E-state index is 10.1. The van der Waals surface area contributed by atoms with E-state index < -0.39 is 4.92 Å². The van der Waals surface area contributed by atoms with E-state index in [-0.39, 0.29) is 11.4 Å². The minimum atomic E-state index is -0.677. The summed E-state index contributed by atoms with van der Waals surface area (Å²) in [4.78, 5) is 19.1. The van der Waals surface area contributed by atoms with Gasteiger partial charge in [-0.15, -0.1) is 4.91 Å². The predicted molar refractivity (Wildman–Crippen MR) is 40.2 cm³/mol. The van der Waals surface area contributed by atoms with E-state index in [0.29, 0.717) is 0 Å². The second-order valence-electron chi connectivity index (χ2n) is 1.61. The first-order valence-electron chi connectivity index (χ1n) is 2.62. The molecule has 0 aliphatic rings. The van der Waals surface area contributed by atoms with Gasteiger partial charge in [0, 0.05) is 12.2 Å². The van der Waals surface area contributed by atoms with Crippen LogP contribution in [0, 0.1) is 15.0 Å². The van der Waals surface area contributed by atoms with E-state index in [1.54, 1.807) is 0 Å². The van der Waals surface area contributed by atoms with Crippen molar-refractivity contribution in [3.8, 4) is 0 Å². The van der Waals surface area contributed by atoms with Crippen LogP contribution in [0.5, 0.6) is 0 Å². The third-order valence-electron chi connectivity index (χ3n) is 0.852. The van der Waals surface area contributed by atoms with Crippen LogP contribution in [0.15, 0.2) is 41.9 Å². The van der Waals surface area contributed by atoms with Crippen molar-refractivity contribution in [3.05, 3.63) is 51.7 Å². The molecule has 0 unspecified atom stereocenters. The van der Waals surface area contributed by atoms with Crippen LogP contribution in [0.2, 0.25) is 0 Å². The van der Waals surface area contributed by atoms with E-state index in [9.17, 15) is 15.0 Å². The molecule has 0 amide bonds. The highest BCUT2D eigenvalue weighted by Gasteiger charge is 2.04. The smallest absolute Gasteiger partial charge is 0.258 e. The number of allylic oxidation sites excluding steroid dienone is 2. The topological polar surface area (TPSA) is 72.6 Å². The normalized spacial score (nSPS) is 10.4. The summed E-state index contributed by atoms with van der Waals surface area (Å²) < 4.78 is 0. The molecule has 0 rings (SSSR count). The standard InChI is InChI=1S/C6H6N2O3/c1-3-6(8(10)11)4-5(2)7-9/h3-4H,1-2H2/b6-4+. The first-order chi connectivity index (χ1) is 5.11. The molecule has 0 aliphatic carbocycles. The number of rotatable bonds is 4. The summed E-state index contributed by atoms with van der Waals surface area (Å²) in [6.45, 7) is 6.31. The number of hydrogen-bond acceptors (Lipinski definition) is 4. The quantitative estimate of drug-likeness (QED) is 0.267. The molecule has 0 aromatic carbocycles. The highest BCUT2D eigenvalue weighted by Crippen LogP contribution is 2.02. The molecule has 0 spiro atoms. The Labute approximate surface area is 62.8 Å². The SMILES string of the molecule is C=C/C(=C\C(=C)N=O)[N+](=O)[O-]. The van der Waals surface area contributed by atoms with Crippen molar-refractivity contribution in [1.29, 1.82) is 0 Å². The van der Waals surface area contributed by atoms with Gasteiger partial charge in [0.25, 0.3) is 5.70 Å². The zero-order valence-corrected chi connectivity index (χ0v) is 5.69. The Hall–Kier alpha value is -1.78. The number of hydrogen-bond donors (Lipinski definition) is 0. The summed E-state index contributed by atoms with van der Waals surface area (Å²) in [7, 11) is 0. The Bertz CT molecular complexity index is 242. The highest BCUT2D eigenvalue weighted by molar-refractivity contribution is 5.21. The molecule has 0 atom stereocenters. The lowest BCUT2D eigenvalue weighted by atomic mass is 10.3. The van der Waals surface area contributed by atoms with E-state index in [1.165, 1.54) is 0 Å². The molecule has 0 saturated carbocycles. The summed E-state index contributed by atoms with van der Waals surface area (Å²) in [5.74, 6) is 0. The van der Waals surface area contributed by atoms with Crippen LogP contribution in [0.1, 0.15) is 0 Å². The van der Waals surface area contributed by atoms with E-state index in [2.05, 4.69) is 18.3 Å². The first-order valence-corrected chi connectivity index (χ1v) is 2.62. The van der Waals surface area contributed by atoms with Crippen molar-refractivity contribution in [2.24, 2.45) is 5.18 Å². The maximum Gasteiger partial charge on any atom is 0.271 e. The first kappa shape index (κ1) is 9.22. The molecule has 0 aliphatic heterocycles. The van der Waals surface area contributed by atoms with Crippen molar-refractivity contribution in [1.82, 2.24) is 0 Å². The summed E-state index contributed by atoms with van der Waals surface area (Å²) >= 11 is 0. The van der Waals surface area contributed by atoms with Gasteiger partial charge in [-0.2, -0.15) is 0 Å². The van der Waals surface area contributed by atoms with Gasteiger partial charge < -0.3 is 0 Å². The van der Waals surface area contributed by atoms with Gasteiger partial charge in [-0.05, 0) is 5.18 Å². The predicted octanol–water partition coefficient (Wildman–Crippen LogP) is 1.61. The van der Waals surface area contributed by atoms with Crippen molar-refractivity contribution in [2.75, 3.05) is 0 Å². The van der Waals surface area contributed by atoms with Gasteiger partial charge in [0.15, 0.2) is 0 Å². The molecule has 58 valence electrons. The average Bonchev–Trinajstić information content (AvgIpc) is 1.99. The molecule has 0 heterocycles. The van der Waals surface area contributed by atoms with E-state index in [0.717, 1.165) is 12.2 Å². The number of nitro groups is 1. The summed E-state index contributed by atoms with van der Waals surface area (Å²) in [5.41, 5.74) is -0.494. The molecule has 0 radical (unpaired) electrons. The molecule has 0 saturated heterocycles. The number of nitrogens with zero attached hydrogens (tertiary/aromatic N) is 2. The monoisotopic (exact) mass is 154 g/mol. The van der Waals surface area contributed by atoms with Gasteiger partial charge in [-0.1, -0.05) is 13.2 Å². The Morgan fingerprint density at radius 2 is 2.18 bits per heavy atom. The second-order valence-corrected chi connectivity index (χ2v) is 1.61.